The minimum Gasteiger partial charge on any atom is -0.493 e. The highest BCUT2D eigenvalue weighted by Crippen LogP contribution is 2.48. The SMILES string of the molecule is CN1CCC2c3cccc(-c4cccc5sc(-c6ccc(OCCN7CCCC7)cc6)c(C=O)c45)c3OCCC21. The van der Waals surface area contributed by atoms with E-state index in [0.29, 0.717) is 25.2 Å². The van der Waals surface area contributed by atoms with E-state index < -0.39 is 0 Å². The van der Waals surface area contributed by atoms with Gasteiger partial charge in [-0.2, -0.15) is 0 Å². The van der Waals surface area contributed by atoms with E-state index in [9.17, 15) is 4.79 Å². The van der Waals surface area contributed by atoms with Gasteiger partial charge < -0.3 is 14.4 Å². The fraction of sp³-hybridized carbons (Fsp3) is 0.382. The molecule has 3 aromatic carbocycles. The molecule has 4 aromatic rings. The normalized spacial score (nSPS) is 21.1. The summed E-state index contributed by atoms with van der Waals surface area (Å²) >= 11 is 1.68. The summed E-state index contributed by atoms with van der Waals surface area (Å²) in [5, 5.41) is 1.02. The molecule has 4 heterocycles. The lowest BCUT2D eigenvalue weighted by atomic mass is 9.87. The number of fused-ring (bicyclic) bond motifs is 4. The largest absolute Gasteiger partial charge is 0.493 e. The van der Waals surface area contributed by atoms with Crippen LogP contribution in [0.1, 0.15) is 47.5 Å². The summed E-state index contributed by atoms with van der Waals surface area (Å²) in [6, 6.07) is 21.7. The number of hydrogen-bond acceptors (Lipinski definition) is 6. The lowest BCUT2D eigenvalue weighted by Gasteiger charge is -2.22. The van der Waals surface area contributed by atoms with E-state index in [2.05, 4.69) is 65.4 Å². The summed E-state index contributed by atoms with van der Waals surface area (Å²) in [6.45, 7) is 5.88. The molecule has 206 valence electrons. The number of carbonyl (C=O) groups excluding carboxylic acids is 1. The molecule has 0 amide bonds. The first-order valence-electron chi connectivity index (χ1n) is 14.6. The molecule has 0 bridgehead atoms. The van der Waals surface area contributed by atoms with Crippen molar-refractivity contribution in [2.75, 3.05) is 46.4 Å². The molecule has 1 aromatic heterocycles. The molecule has 0 radical (unpaired) electrons. The van der Waals surface area contributed by atoms with Crippen LogP contribution in [0.25, 0.3) is 31.7 Å². The highest BCUT2D eigenvalue weighted by Gasteiger charge is 2.37. The molecule has 0 aliphatic carbocycles. The maximum Gasteiger partial charge on any atom is 0.152 e. The van der Waals surface area contributed by atoms with Crippen LogP contribution in [0.4, 0.5) is 0 Å². The Kier molecular flexibility index (Phi) is 7.08. The fourth-order valence-electron chi connectivity index (χ4n) is 7.02. The first kappa shape index (κ1) is 25.8. The Morgan fingerprint density at radius 2 is 1.77 bits per heavy atom. The molecule has 6 heteroatoms. The Hall–Kier alpha value is -3.19. The van der Waals surface area contributed by atoms with Gasteiger partial charge in [-0.3, -0.25) is 9.69 Å². The van der Waals surface area contributed by atoms with Gasteiger partial charge in [0, 0.05) is 44.6 Å². The van der Waals surface area contributed by atoms with Gasteiger partial charge in [-0.05, 0) is 99.4 Å². The van der Waals surface area contributed by atoms with Crippen LogP contribution >= 0.6 is 11.3 Å². The third-order valence-corrected chi connectivity index (χ3v) is 10.3. The van der Waals surface area contributed by atoms with Crippen molar-refractivity contribution < 1.29 is 14.3 Å². The lowest BCUT2D eigenvalue weighted by Crippen LogP contribution is -2.28. The molecular formula is C34H36N2O3S. The van der Waals surface area contributed by atoms with Crippen molar-refractivity contribution in [3.8, 4) is 33.1 Å². The molecule has 7 rings (SSSR count). The van der Waals surface area contributed by atoms with Gasteiger partial charge in [-0.15, -0.1) is 11.3 Å². The zero-order valence-electron chi connectivity index (χ0n) is 23.1. The van der Waals surface area contributed by atoms with Gasteiger partial charge in [0.1, 0.15) is 18.1 Å². The van der Waals surface area contributed by atoms with Crippen molar-refractivity contribution in [1.29, 1.82) is 0 Å². The third kappa shape index (κ3) is 4.62. The van der Waals surface area contributed by atoms with Crippen LogP contribution in [0.15, 0.2) is 60.7 Å². The smallest absolute Gasteiger partial charge is 0.152 e. The van der Waals surface area contributed by atoms with Crippen molar-refractivity contribution in [1.82, 2.24) is 9.80 Å². The molecule has 5 nitrogen and oxygen atoms in total. The highest BCUT2D eigenvalue weighted by atomic mass is 32.1. The van der Waals surface area contributed by atoms with E-state index in [-0.39, 0.29) is 0 Å². The molecule has 0 spiro atoms. The first-order valence-corrected chi connectivity index (χ1v) is 15.5. The first-order chi connectivity index (χ1) is 19.7. The van der Waals surface area contributed by atoms with Crippen LogP contribution in [0.3, 0.4) is 0 Å². The van der Waals surface area contributed by atoms with Crippen LogP contribution in [-0.4, -0.2) is 68.6 Å². The Labute approximate surface area is 240 Å². The summed E-state index contributed by atoms with van der Waals surface area (Å²) in [4.78, 5) is 18.6. The second kappa shape index (κ2) is 11.0. The summed E-state index contributed by atoms with van der Waals surface area (Å²) in [5.74, 6) is 2.36. The van der Waals surface area contributed by atoms with Crippen molar-refractivity contribution in [3.63, 3.8) is 0 Å². The Morgan fingerprint density at radius 3 is 2.60 bits per heavy atom. The number of para-hydroxylation sites is 1. The zero-order valence-corrected chi connectivity index (χ0v) is 23.9. The Bertz CT molecular complexity index is 1520. The average Bonchev–Trinajstić information content (AvgIpc) is 3.70. The minimum atomic E-state index is 0.487. The van der Waals surface area contributed by atoms with Crippen molar-refractivity contribution in [2.24, 2.45) is 0 Å². The monoisotopic (exact) mass is 552 g/mol. The molecule has 0 N–H and O–H groups in total. The quantitative estimate of drug-likeness (QED) is 0.229. The van der Waals surface area contributed by atoms with E-state index >= 15 is 0 Å². The molecule has 3 aliphatic heterocycles. The van der Waals surface area contributed by atoms with Crippen LogP contribution in [0.2, 0.25) is 0 Å². The van der Waals surface area contributed by atoms with E-state index in [4.69, 9.17) is 9.47 Å². The molecule has 2 atom stereocenters. The minimum absolute atomic E-state index is 0.487. The van der Waals surface area contributed by atoms with Crippen LogP contribution < -0.4 is 9.47 Å². The second-order valence-corrected chi connectivity index (χ2v) is 12.4. The van der Waals surface area contributed by atoms with E-state index in [0.717, 1.165) is 80.9 Å². The number of thiophene rings is 1. The maximum atomic E-state index is 12.7. The number of ether oxygens (including phenoxy) is 2. The number of benzene rings is 3. The summed E-state index contributed by atoms with van der Waals surface area (Å²) in [6.07, 6.45) is 5.82. The van der Waals surface area contributed by atoms with E-state index in [1.54, 1.807) is 11.3 Å². The number of hydrogen-bond donors (Lipinski definition) is 0. The van der Waals surface area contributed by atoms with Gasteiger partial charge in [-0.25, -0.2) is 0 Å². The molecule has 2 fully saturated rings. The van der Waals surface area contributed by atoms with Gasteiger partial charge in [0.15, 0.2) is 6.29 Å². The van der Waals surface area contributed by atoms with Crippen molar-refractivity contribution in [2.45, 2.75) is 37.6 Å². The zero-order chi connectivity index (χ0) is 27.1. The molecule has 2 unspecified atom stereocenters. The number of carbonyl (C=O) groups is 1. The van der Waals surface area contributed by atoms with Gasteiger partial charge >= 0.3 is 0 Å². The molecular weight excluding hydrogens is 516 g/mol. The Morgan fingerprint density at radius 1 is 0.975 bits per heavy atom. The summed E-state index contributed by atoms with van der Waals surface area (Å²) in [5.41, 5.74) is 5.27. The number of likely N-dealkylation sites (tertiary alicyclic amines) is 2. The second-order valence-electron chi connectivity index (χ2n) is 11.4. The average molecular weight is 553 g/mol. The molecule has 2 saturated heterocycles. The van der Waals surface area contributed by atoms with Crippen molar-refractivity contribution in [3.05, 3.63) is 71.8 Å². The topological polar surface area (TPSA) is 42.0 Å². The van der Waals surface area contributed by atoms with Crippen molar-refractivity contribution >= 4 is 27.7 Å². The van der Waals surface area contributed by atoms with Gasteiger partial charge in [0.2, 0.25) is 0 Å². The highest BCUT2D eigenvalue weighted by molar-refractivity contribution is 7.22. The number of likely N-dealkylation sites (N-methyl/N-ethyl adjacent to an activating group) is 1. The standard InChI is InChI=1S/C34H36N2O3S/c1-35-18-14-25-27-7-4-8-28(33(27)39-20-15-30(25)35)26-6-5-9-31-32(26)29(22-37)34(40-31)23-10-12-24(13-11-23)38-21-19-36-16-2-3-17-36/h4-13,22,25,30H,2-3,14-21H2,1H3. The lowest BCUT2D eigenvalue weighted by molar-refractivity contribution is 0.112. The summed E-state index contributed by atoms with van der Waals surface area (Å²) < 4.78 is 13.6. The Balaban J connectivity index is 1.23. The van der Waals surface area contributed by atoms with Gasteiger partial charge in [-0.1, -0.05) is 30.3 Å². The number of rotatable bonds is 7. The van der Waals surface area contributed by atoms with Gasteiger partial charge in [0.25, 0.3) is 0 Å². The van der Waals surface area contributed by atoms with Crippen LogP contribution in [-0.2, 0) is 0 Å². The third-order valence-electron chi connectivity index (χ3n) is 9.08. The van der Waals surface area contributed by atoms with Crippen LogP contribution in [0.5, 0.6) is 11.5 Å². The van der Waals surface area contributed by atoms with Gasteiger partial charge in [0.05, 0.1) is 6.61 Å². The molecule has 3 aliphatic rings. The molecule has 40 heavy (non-hydrogen) atoms. The number of nitrogens with zero attached hydrogens (tertiary/aromatic N) is 2. The van der Waals surface area contributed by atoms with E-state index in [1.165, 1.54) is 31.5 Å². The predicted octanol–water partition coefficient (Wildman–Crippen LogP) is 7.09. The number of aldehydes is 1. The van der Waals surface area contributed by atoms with E-state index in [1.807, 2.05) is 12.1 Å². The maximum absolute atomic E-state index is 12.7. The molecule has 0 saturated carbocycles. The predicted molar refractivity (Wildman–Crippen MR) is 163 cm³/mol. The fourth-order valence-corrected chi connectivity index (χ4v) is 8.22. The van der Waals surface area contributed by atoms with Crippen LogP contribution in [0, 0.1) is 0 Å². The summed E-state index contributed by atoms with van der Waals surface area (Å²) in [7, 11) is 2.23.